The minimum Gasteiger partial charge on any atom is -0.507 e. The molecule has 1 amide bonds. The van der Waals surface area contributed by atoms with Crippen molar-refractivity contribution in [2.75, 3.05) is 5.32 Å². The highest BCUT2D eigenvalue weighted by Crippen LogP contribution is 2.45. The van der Waals surface area contributed by atoms with Crippen LogP contribution in [0.3, 0.4) is 0 Å². The molecule has 31 heavy (non-hydrogen) atoms. The molecule has 0 bridgehead atoms. The van der Waals surface area contributed by atoms with Crippen molar-refractivity contribution in [3.8, 4) is 11.5 Å². The number of hydrogen-bond acceptors (Lipinski definition) is 6. The number of ether oxygens (including phenoxy) is 1. The van der Waals surface area contributed by atoms with Gasteiger partial charge in [0.05, 0.1) is 16.5 Å². The van der Waals surface area contributed by atoms with Crippen LogP contribution in [0.15, 0.2) is 54.1 Å². The maximum Gasteiger partial charge on any atom is 0.411 e. The molecule has 1 aliphatic rings. The van der Waals surface area contributed by atoms with Gasteiger partial charge in [-0.3, -0.25) is 14.9 Å². The summed E-state index contributed by atoms with van der Waals surface area (Å²) in [5.74, 6) is -1.82. The second-order valence-corrected chi connectivity index (χ2v) is 8.10. The first-order valence-electron chi connectivity index (χ1n) is 9.92. The molecule has 1 aliphatic carbocycles. The topological polar surface area (TPSA) is 113 Å². The Kier molecular flexibility index (Phi) is 6.15. The summed E-state index contributed by atoms with van der Waals surface area (Å²) >= 11 is 0. The molecular weight excluding hydrogens is 398 g/mol. The first-order chi connectivity index (χ1) is 14.6. The Morgan fingerprint density at radius 1 is 1.10 bits per heavy atom. The number of allylic oxidation sites excluding steroid dienone is 1. The van der Waals surface area contributed by atoms with Crippen LogP contribution in [0.2, 0.25) is 0 Å². The average molecular weight is 423 g/mol. The molecule has 7 nitrogen and oxygen atoms in total. The molecule has 2 aromatic rings. The summed E-state index contributed by atoms with van der Waals surface area (Å²) in [6.07, 6.45) is 0.0228. The summed E-state index contributed by atoms with van der Waals surface area (Å²) < 4.78 is 5.64. The molecule has 7 heteroatoms. The normalized spacial score (nSPS) is 18.7. The zero-order valence-corrected chi connectivity index (χ0v) is 17.6. The molecule has 2 atom stereocenters. The number of phenols is 2. The summed E-state index contributed by atoms with van der Waals surface area (Å²) in [6, 6.07) is 11.0. The summed E-state index contributed by atoms with van der Waals surface area (Å²) in [7, 11) is 0. The number of para-hydroxylation sites is 1. The van der Waals surface area contributed by atoms with Gasteiger partial charge >= 0.3 is 6.09 Å². The number of Topliss-reactive ketones (excluding diaryl/α,β-unsaturated/α-hetero) is 2. The number of amides is 1. The van der Waals surface area contributed by atoms with E-state index in [1.165, 1.54) is 12.1 Å². The Hall–Kier alpha value is -3.61. The predicted molar refractivity (Wildman–Crippen MR) is 116 cm³/mol. The highest BCUT2D eigenvalue weighted by Gasteiger charge is 2.51. The number of anilines is 1. The molecule has 0 saturated heterocycles. The van der Waals surface area contributed by atoms with Gasteiger partial charge in [-0.1, -0.05) is 29.8 Å². The fraction of sp³-hybridized carbons (Fsp3) is 0.292. The zero-order valence-electron chi connectivity index (χ0n) is 17.6. The van der Waals surface area contributed by atoms with Crippen molar-refractivity contribution in [1.29, 1.82) is 0 Å². The number of aromatic hydroxyl groups is 2. The Labute approximate surface area is 180 Å². The number of rotatable bonds is 5. The number of carbonyl (C=O) groups excluding carboxylic acids is 3. The fourth-order valence-electron chi connectivity index (χ4n) is 3.72. The van der Waals surface area contributed by atoms with E-state index in [-0.39, 0.29) is 29.7 Å². The van der Waals surface area contributed by atoms with Crippen molar-refractivity contribution in [3.05, 3.63) is 65.2 Å². The fourth-order valence-corrected chi connectivity index (χ4v) is 3.72. The van der Waals surface area contributed by atoms with Gasteiger partial charge in [-0.05, 0) is 45.0 Å². The minimum absolute atomic E-state index is 0.197. The van der Waals surface area contributed by atoms with Gasteiger partial charge in [0.1, 0.15) is 17.6 Å². The SMILES string of the molecule is CC(C)=CC[C@@H](OC(=O)Nc1ccccc1)C1(C)CC(=O)c2c(O)ccc(O)c2C1=O. The number of hydrogen-bond donors (Lipinski definition) is 3. The molecule has 2 aromatic carbocycles. The van der Waals surface area contributed by atoms with Gasteiger partial charge in [-0.25, -0.2) is 4.79 Å². The maximum atomic E-state index is 13.4. The first kappa shape index (κ1) is 22.1. The lowest BCUT2D eigenvalue weighted by Crippen LogP contribution is -2.47. The number of carbonyl (C=O) groups is 3. The first-order valence-corrected chi connectivity index (χ1v) is 9.92. The Bertz CT molecular complexity index is 1060. The summed E-state index contributed by atoms with van der Waals surface area (Å²) in [4.78, 5) is 38.8. The number of phenolic OH excluding ortho intramolecular Hbond substituents is 2. The standard InChI is InChI=1S/C24H25NO6/c1-14(2)9-12-19(31-23(30)25-15-7-5-4-6-8-15)24(3)13-18(28)20-16(26)10-11-17(27)21(20)22(24)29/h4-11,19,26-27H,12-13H2,1-3H3,(H,25,30)/t19-,24?/m1/s1. The van der Waals surface area contributed by atoms with Gasteiger partial charge in [0.25, 0.3) is 0 Å². The second-order valence-electron chi connectivity index (χ2n) is 8.10. The highest BCUT2D eigenvalue weighted by atomic mass is 16.6. The molecule has 0 fully saturated rings. The van der Waals surface area contributed by atoms with Gasteiger partial charge in [-0.2, -0.15) is 0 Å². The largest absolute Gasteiger partial charge is 0.507 e. The van der Waals surface area contributed by atoms with Crippen LogP contribution in [-0.4, -0.2) is 34.0 Å². The third kappa shape index (κ3) is 4.45. The molecule has 3 rings (SSSR count). The predicted octanol–water partition coefficient (Wildman–Crippen LogP) is 4.85. The van der Waals surface area contributed by atoms with E-state index in [0.29, 0.717) is 5.69 Å². The van der Waals surface area contributed by atoms with Crippen LogP contribution in [0, 0.1) is 5.41 Å². The molecule has 0 heterocycles. The van der Waals surface area contributed by atoms with Crippen LogP contribution in [-0.2, 0) is 4.74 Å². The molecular formula is C24H25NO6. The minimum atomic E-state index is -1.42. The second kappa shape index (κ2) is 8.63. The van der Waals surface area contributed by atoms with E-state index in [2.05, 4.69) is 5.32 Å². The van der Waals surface area contributed by atoms with Gasteiger partial charge in [0, 0.05) is 18.5 Å². The molecule has 0 saturated carbocycles. The summed E-state index contributed by atoms with van der Waals surface area (Å²) in [5.41, 5.74) is -0.381. The van der Waals surface area contributed by atoms with Crippen LogP contribution < -0.4 is 5.32 Å². The van der Waals surface area contributed by atoms with Crippen LogP contribution in [0.1, 0.15) is 54.3 Å². The number of fused-ring (bicyclic) bond motifs is 1. The molecule has 3 N–H and O–H groups in total. The third-order valence-electron chi connectivity index (χ3n) is 5.43. The average Bonchev–Trinajstić information content (AvgIpc) is 2.71. The van der Waals surface area contributed by atoms with E-state index in [4.69, 9.17) is 4.74 Å². The van der Waals surface area contributed by atoms with Crippen molar-refractivity contribution < 1.29 is 29.3 Å². The van der Waals surface area contributed by atoms with Crippen LogP contribution >= 0.6 is 0 Å². The van der Waals surface area contributed by atoms with Crippen molar-refractivity contribution in [2.24, 2.45) is 5.41 Å². The van der Waals surface area contributed by atoms with Gasteiger partial charge < -0.3 is 14.9 Å². The van der Waals surface area contributed by atoms with Crippen molar-refractivity contribution in [1.82, 2.24) is 0 Å². The molecule has 1 unspecified atom stereocenters. The number of nitrogens with one attached hydrogen (secondary N) is 1. The Balaban J connectivity index is 1.97. The van der Waals surface area contributed by atoms with E-state index in [1.54, 1.807) is 37.3 Å². The monoisotopic (exact) mass is 423 g/mol. The van der Waals surface area contributed by atoms with E-state index in [0.717, 1.165) is 5.57 Å². The van der Waals surface area contributed by atoms with Crippen molar-refractivity contribution >= 4 is 23.3 Å². The molecule has 0 aliphatic heterocycles. The van der Waals surface area contributed by atoms with Crippen LogP contribution in [0.4, 0.5) is 10.5 Å². The molecule has 0 radical (unpaired) electrons. The van der Waals surface area contributed by atoms with Crippen molar-refractivity contribution in [3.63, 3.8) is 0 Å². The quantitative estimate of drug-likeness (QED) is 0.468. The highest BCUT2D eigenvalue weighted by molar-refractivity contribution is 6.19. The summed E-state index contributed by atoms with van der Waals surface area (Å²) in [5, 5.41) is 23.0. The molecule has 0 aromatic heterocycles. The van der Waals surface area contributed by atoms with E-state index < -0.39 is 34.9 Å². The molecule has 0 spiro atoms. The maximum absolute atomic E-state index is 13.4. The molecule has 162 valence electrons. The van der Waals surface area contributed by atoms with Crippen LogP contribution in [0.5, 0.6) is 11.5 Å². The van der Waals surface area contributed by atoms with Crippen molar-refractivity contribution in [2.45, 2.75) is 39.7 Å². The Morgan fingerprint density at radius 3 is 2.32 bits per heavy atom. The van der Waals surface area contributed by atoms with Gasteiger partial charge in [0.2, 0.25) is 0 Å². The number of ketones is 2. The number of benzene rings is 2. The lowest BCUT2D eigenvalue weighted by Gasteiger charge is -2.38. The van der Waals surface area contributed by atoms with E-state index in [9.17, 15) is 24.6 Å². The zero-order chi connectivity index (χ0) is 22.8. The van der Waals surface area contributed by atoms with Gasteiger partial charge in [0.15, 0.2) is 11.6 Å². The smallest absolute Gasteiger partial charge is 0.411 e. The lowest BCUT2D eigenvalue weighted by molar-refractivity contribution is 0.0172. The van der Waals surface area contributed by atoms with Gasteiger partial charge in [-0.15, -0.1) is 0 Å². The lowest BCUT2D eigenvalue weighted by atomic mass is 9.66. The third-order valence-corrected chi connectivity index (χ3v) is 5.43. The summed E-state index contributed by atoms with van der Waals surface area (Å²) in [6.45, 7) is 5.28. The van der Waals surface area contributed by atoms with E-state index >= 15 is 0 Å². The Morgan fingerprint density at radius 2 is 1.71 bits per heavy atom. The van der Waals surface area contributed by atoms with E-state index in [1.807, 2.05) is 19.9 Å². The van der Waals surface area contributed by atoms with Crippen LogP contribution in [0.25, 0.3) is 0 Å².